The van der Waals surface area contributed by atoms with Gasteiger partial charge >= 0.3 is 0 Å². The van der Waals surface area contributed by atoms with Gasteiger partial charge in [-0.25, -0.2) is 0 Å². The molecule has 3 aromatic carbocycles. The Morgan fingerprint density at radius 2 is 1.59 bits per heavy atom. The minimum atomic E-state index is 0.331. The Morgan fingerprint density at radius 1 is 0.815 bits per heavy atom. The number of hydrogen-bond acceptors (Lipinski definition) is 2. The molecule has 0 unspecified atom stereocenters. The van der Waals surface area contributed by atoms with Gasteiger partial charge in [0, 0.05) is 33.4 Å². The van der Waals surface area contributed by atoms with Gasteiger partial charge in [0.05, 0.1) is 5.02 Å². The molecule has 5 heteroatoms. The van der Waals surface area contributed by atoms with Crippen molar-refractivity contribution in [1.82, 2.24) is 0 Å². The quantitative estimate of drug-likeness (QED) is 0.447. The van der Waals surface area contributed by atoms with E-state index in [9.17, 15) is 0 Å². The zero-order valence-corrected chi connectivity index (χ0v) is 17.4. The van der Waals surface area contributed by atoms with E-state index in [-0.39, 0.29) is 0 Å². The molecule has 140 valence electrons. The molecular formula is C22H20Cl3NO. The maximum Gasteiger partial charge on any atom is 0.143 e. The van der Waals surface area contributed by atoms with Crippen molar-refractivity contribution in [1.29, 1.82) is 0 Å². The van der Waals surface area contributed by atoms with Gasteiger partial charge < -0.3 is 10.1 Å². The van der Waals surface area contributed by atoms with Gasteiger partial charge in [0.1, 0.15) is 12.4 Å². The Labute approximate surface area is 175 Å². The fraction of sp³-hybridized carbons (Fsp3) is 0.182. The standard InChI is InChI=1S/C22H20Cl3NO/c1-14-7-8-19(9-15(14)2)26-12-17-10-18(23)11-21(25)22(17)27-13-16-5-3-4-6-20(16)24/h3-11,26H,12-13H2,1-2H3. The zero-order valence-electron chi connectivity index (χ0n) is 15.2. The minimum absolute atomic E-state index is 0.331. The molecule has 0 heterocycles. The maximum atomic E-state index is 6.40. The van der Waals surface area contributed by atoms with E-state index in [1.807, 2.05) is 30.3 Å². The highest BCUT2D eigenvalue weighted by molar-refractivity contribution is 6.35. The van der Waals surface area contributed by atoms with Crippen LogP contribution >= 0.6 is 34.8 Å². The second-order valence-corrected chi connectivity index (χ2v) is 7.66. The van der Waals surface area contributed by atoms with Gasteiger partial charge in [0.2, 0.25) is 0 Å². The van der Waals surface area contributed by atoms with E-state index >= 15 is 0 Å². The molecule has 27 heavy (non-hydrogen) atoms. The number of halogens is 3. The average molecular weight is 421 g/mol. The van der Waals surface area contributed by atoms with Crippen LogP contribution in [0, 0.1) is 13.8 Å². The summed E-state index contributed by atoms with van der Waals surface area (Å²) in [6, 6.07) is 17.4. The van der Waals surface area contributed by atoms with Crippen molar-refractivity contribution in [3.05, 3.63) is 91.9 Å². The molecule has 0 aromatic heterocycles. The molecule has 0 aliphatic rings. The monoisotopic (exact) mass is 419 g/mol. The molecule has 0 saturated carbocycles. The van der Waals surface area contributed by atoms with Gasteiger partial charge in [-0.2, -0.15) is 0 Å². The fourth-order valence-corrected chi connectivity index (χ4v) is 3.50. The van der Waals surface area contributed by atoms with Crippen molar-refractivity contribution in [2.24, 2.45) is 0 Å². The van der Waals surface area contributed by atoms with Gasteiger partial charge in [-0.05, 0) is 55.3 Å². The van der Waals surface area contributed by atoms with Crippen LogP contribution in [0.3, 0.4) is 0 Å². The molecule has 0 fully saturated rings. The summed E-state index contributed by atoms with van der Waals surface area (Å²) >= 11 is 18.8. The third-order valence-corrected chi connectivity index (χ3v) is 5.27. The first kappa shape index (κ1) is 19.9. The van der Waals surface area contributed by atoms with Crippen molar-refractivity contribution >= 4 is 40.5 Å². The van der Waals surface area contributed by atoms with Crippen molar-refractivity contribution in [3.8, 4) is 5.75 Å². The number of anilines is 1. The molecule has 0 aliphatic heterocycles. The number of hydrogen-bond donors (Lipinski definition) is 1. The molecular weight excluding hydrogens is 401 g/mol. The van der Waals surface area contributed by atoms with Crippen molar-refractivity contribution < 1.29 is 4.74 Å². The number of nitrogens with one attached hydrogen (secondary N) is 1. The summed E-state index contributed by atoms with van der Waals surface area (Å²) in [5, 5.41) is 5.12. The van der Waals surface area contributed by atoms with Crippen molar-refractivity contribution in [3.63, 3.8) is 0 Å². The molecule has 0 amide bonds. The predicted molar refractivity (Wildman–Crippen MR) is 115 cm³/mol. The molecule has 0 bridgehead atoms. The Hall–Kier alpha value is -1.87. The largest absolute Gasteiger partial charge is 0.487 e. The third-order valence-electron chi connectivity index (χ3n) is 4.41. The number of rotatable bonds is 6. The van der Waals surface area contributed by atoms with Crippen LogP contribution in [0.15, 0.2) is 54.6 Å². The smallest absolute Gasteiger partial charge is 0.143 e. The summed E-state index contributed by atoms with van der Waals surface area (Å²) in [5.74, 6) is 0.609. The zero-order chi connectivity index (χ0) is 19.4. The molecule has 0 saturated heterocycles. The van der Waals surface area contributed by atoms with E-state index in [1.54, 1.807) is 6.07 Å². The van der Waals surface area contributed by atoms with Crippen LogP contribution in [-0.2, 0) is 13.2 Å². The molecule has 0 aliphatic carbocycles. The van der Waals surface area contributed by atoms with Gasteiger partial charge in [-0.15, -0.1) is 0 Å². The average Bonchev–Trinajstić information content (AvgIpc) is 2.63. The second-order valence-electron chi connectivity index (χ2n) is 6.41. The lowest BCUT2D eigenvalue weighted by Crippen LogP contribution is -2.05. The van der Waals surface area contributed by atoms with Crippen LogP contribution in [0.5, 0.6) is 5.75 Å². The molecule has 0 atom stereocenters. The van der Waals surface area contributed by atoms with Gasteiger partial charge in [0.15, 0.2) is 0 Å². The van der Waals surface area contributed by atoms with Crippen molar-refractivity contribution in [2.45, 2.75) is 27.0 Å². The Kier molecular flexibility index (Phi) is 6.54. The lowest BCUT2D eigenvalue weighted by Gasteiger charge is -2.16. The highest BCUT2D eigenvalue weighted by atomic mass is 35.5. The topological polar surface area (TPSA) is 21.3 Å². The van der Waals surface area contributed by atoms with Crippen LogP contribution < -0.4 is 10.1 Å². The van der Waals surface area contributed by atoms with Gasteiger partial charge in [-0.1, -0.05) is 59.1 Å². The van der Waals surface area contributed by atoms with Crippen LogP contribution in [-0.4, -0.2) is 0 Å². The first-order valence-corrected chi connectivity index (χ1v) is 9.72. The Bertz CT molecular complexity index is 956. The van der Waals surface area contributed by atoms with E-state index in [4.69, 9.17) is 39.5 Å². The summed E-state index contributed by atoms with van der Waals surface area (Å²) in [7, 11) is 0. The number of ether oxygens (including phenoxy) is 1. The Balaban J connectivity index is 1.79. The molecule has 3 aromatic rings. The first-order valence-electron chi connectivity index (χ1n) is 8.59. The van der Waals surface area contributed by atoms with E-state index in [0.717, 1.165) is 16.8 Å². The van der Waals surface area contributed by atoms with E-state index in [0.29, 0.717) is 34.0 Å². The summed E-state index contributed by atoms with van der Waals surface area (Å²) in [6.45, 7) is 5.06. The van der Waals surface area contributed by atoms with Crippen LogP contribution in [0.25, 0.3) is 0 Å². The SMILES string of the molecule is Cc1ccc(NCc2cc(Cl)cc(Cl)c2OCc2ccccc2Cl)cc1C. The lowest BCUT2D eigenvalue weighted by molar-refractivity contribution is 0.303. The minimum Gasteiger partial charge on any atom is -0.487 e. The maximum absolute atomic E-state index is 6.40. The molecule has 0 radical (unpaired) electrons. The molecule has 2 nitrogen and oxygen atoms in total. The highest BCUT2D eigenvalue weighted by Crippen LogP contribution is 2.34. The van der Waals surface area contributed by atoms with Crippen molar-refractivity contribution in [2.75, 3.05) is 5.32 Å². The van der Waals surface area contributed by atoms with Gasteiger partial charge in [0.25, 0.3) is 0 Å². The number of benzene rings is 3. The normalized spacial score (nSPS) is 10.7. The first-order chi connectivity index (χ1) is 12.9. The van der Waals surface area contributed by atoms with E-state index in [2.05, 4.69) is 37.4 Å². The van der Waals surface area contributed by atoms with Crippen LogP contribution in [0.2, 0.25) is 15.1 Å². The predicted octanol–water partition coefficient (Wildman–Crippen LogP) is 7.45. The van der Waals surface area contributed by atoms with Gasteiger partial charge in [-0.3, -0.25) is 0 Å². The second kappa shape index (κ2) is 8.88. The third kappa shape index (κ3) is 5.10. The van der Waals surface area contributed by atoms with E-state index in [1.165, 1.54) is 11.1 Å². The van der Waals surface area contributed by atoms with E-state index < -0.39 is 0 Å². The Morgan fingerprint density at radius 3 is 2.33 bits per heavy atom. The fourth-order valence-electron chi connectivity index (χ4n) is 2.72. The molecule has 1 N–H and O–H groups in total. The summed E-state index contributed by atoms with van der Waals surface area (Å²) < 4.78 is 6.01. The van der Waals surface area contributed by atoms with Crippen LogP contribution in [0.1, 0.15) is 22.3 Å². The lowest BCUT2D eigenvalue weighted by atomic mass is 10.1. The highest BCUT2D eigenvalue weighted by Gasteiger charge is 2.12. The molecule has 0 spiro atoms. The summed E-state index contributed by atoms with van der Waals surface area (Å²) in [6.07, 6.45) is 0. The van der Waals surface area contributed by atoms with Crippen LogP contribution in [0.4, 0.5) is 5.69 Å². The summed E-state index contributed by atoms with van der Waals surface area (Å²) in [4.78, 5) is 0. The molecule has 3 rings (SSSR count). The summed E-state index contributed by atoms with van der Waals surface area (Å²) in [5.41, 5.74) is 5.32. The number of aryl methyl sites for hydroxylation is 2.